The molecule has 1 heterocycles. The summed E-state index contributed by atoms with van der Waals surface area (Å²) in [6, 6.07) is 6.20. The third-order valence-corrected chi connectivity index (χ3v) is 3.55. The van der Waals surface area contributed by atoms with Gasteiger partial charge in [-0.15, -0.1) is 5.10 Å². The van der Waals surface area contributed by atoms with Crippen molar-refractivity contribution in [2.45, 2.75) is 33.6 Å². The van der Waals surface area contributed by atoms with Crippen molar-refractivity contribution >= 4 is 17.5 Å². The molecule has 0 aliphatic rings. The van der Waals surface area contributed by atoms with Crippen LogP contribution in [0.3, 0.4) is 0 Å². The first kappa shape index (κ1) is 15.2. The Morgan fingerprint density at radius 3 is 2.71 bits per heavy atom. The molecule has 0 radical (unpaired) electrons. The lowest BCUT2D eigenvalue weighted by Gasteiger charge is -2.17. The van der Waals surface area contributed by atoms with Gasteiger partial charge in [0, 0.05) is 19.3 Å². The average Bonchev–Trinajstić information content (AvgIpc) is 2.49. The fraction of sp³-hybridized carbons (Fsp3) is 0.438. The maximum absolute atomic E-state index is 4.51. The molecular weight excluding hydrogens is 262 g/mol. The second-order valence-electron chi connectivity index (χ2n) is 5.34. The lowest BCUT2D eigenvalue weighted by atomic mass is 10.1. The number of hydrogen-bond acceptors (Lipinski definition) is 5. The summed E-state index contributed by atoms with van der Waals surface area (Å²) in [6.45, 7) is 7.34. The fourth-order valence-electron chi connectivity index (χ4n) is 1.99. The summed E-state index contributed by atoms with van der Waals surface area (Å²) in [7, 11) is 2.03. The Hall–Kier alpha value is -2.17. The Labute approximate surface area is 126 Å². The highest BCUT2D eigenvalue weighted by molar-refractivity contribution is 5.56. The minimum absolute atomic E-state index is 0.527. The molecule has 5 heteroatoms. The maximum atomic E-state index is 4.51. The predicted octanol–water partition coefficient (Wildman–Crippen LogP) is 3.47. The molecule has 1 aromatic carbocycles. The molecule has 0 saturated carbocycles. The smallest absolute Gasteiger partial charge is 0.249 e. The van der Waals surface area contributed by atoms with E-state index in [-0.39, 0.29) is 0 Å². The molecule has 1 aromatic heterocycles. The molecule has 21 heavy (non-hydrogen) atoms. The SMILES string of the molecule is CCCCN(C)c1cnnc(Nc2ccc(C)c(C)c2)n1. The minimum Gasteiger partial charge on any atom is -0.358 e. The Bertz CT molecular complexity index is 597. The first-order valence-electron chi connectivity index (χ1n) is 7.35. The maximum Gasteiger partial charge on any atom is 0.249 e. The second-order valence-corrected chi connectivity index (χ2v) is 5.34. The normalized spacial score (nSPS) is 10.5. The molecule has 0 bridgehead atoms. The Morgan fingerprint density at radius 2 is 2.00 bits per heavy atom. The summed E-state index contributed by atoms with van der Waals surface area (Å²) >= 11 is 0. The van der Waals surface area contributed by atoms with Gasteiger partial charge in [-0.3, -0.25) is 0 Å². The number of aryl methyl sites for hydroxylation is 2. The summed E-state index contributed by atoms with van der Waals surface area (Å²) in [6.07, 6.45) is 4.00. The van der Waals surface area contributed by atoms with Crippen LogP contribution in [0.2, 0.25) is 0 Å². The van der Waals surface area contributed by atoms with Gasteiger partial charge in [-0.05, 0) is 43.5 Å². The van der Waals surface area contributed by atoms with E-state index >= 15 is 0 Å². The second kappa shape index (κ2) is 7.02. The number of nitrogens with one attached hydrogen (secondary N) is 1. The van der Waals surface area contributed by atoms with Crippen LogP contribution in [0.25, 0.3) is 0 Å². The first-order chi connectivity index (χ1) is 10.1. The monoisotopic (exact) mass is 285 g/mol. The van der Waals surface area contributed by atoms with Crippen molar-refractivity contribution in [3.8, 4) is 0 Å². The van der Waals surface area contributed by atoms with Gasteiger partial charge in [-0.2, -0.15) is 10.1 Å². The first-order valence-corrected chi connectivity index (χ1v) is 7.35. The number of unbranched alkanes of at least 4 members (excludes halogenated alkanes) is 1. The van der Waals surface area contributed by atoms with Crippen molar-refractivity contribution in [1.82, 2.24) is 15.2 Å². The molecule has 0 unspecified atom stereocenters. The highest BCUT2D eigenvalue weighted by atomic mass is 15.3. The van der Waals surface area contributed by atoms with Gasteiger partial charge in [0.05, 0.1) is 6.20 Å². The van der Waals surface area contributed by atoms with Crippen molar-refractivity contribution in [2.75, 3.05) is 23.8 Å². The Morgan fingerprint density at radius 1 is 1.19 bits per heavy atom. The third-order valence-electron chi connectivity index (χ3n) is 3.55. The van der Waals surface area contributed by atoms with Gasteiger partial charge < -0.3 is 10.2 Å². The quantitative estimate of drug-likeness (QED) is 0.880. The van der Waals surface area contributed by atoms with Crippen LogP contribution in [-0.4, -0.2) is 28.8 Å². The van der Waals surface area contributed by atoms with Crippen LogP contribution in [0.15, 0.2) is 24.4 Å². The zero-order valence-electron chi connectivity index (χ0n) is 13.2. The summed E-state index contributed by atoms with van der Waals surface area (Å²) < 4.78 is 0. The Kier molecular flexibility index (Phi) is 5.09. The fourth-order valence-corrected chi connectivity index (χ4v) is 1.99. The van der Waals surface area contributed by atoms with Crippen molar-refractivity contribution < 1.29 is 0 Å². The lowest BCUT2D eigenvalue weighted by molar-refractivity contribution is 0.754. The van der Waals surface area contributed by atoms with Crippen LogP contribution in [0, 0.1) is 13.8 Å². The molecule has 0 fully saturated rings. The van der Waals surface area contributed by atoms with Gasteiger partial charge in [0.2, 0.25) is 5.95 Å². The molecule has 112 valence electrons. The van der Waals surface area contributed by atoms with Crippen LogP contribution in [0.5, 0.6) is 0 Å². The number of benzene rings is 1. The molecular formula is C16H23N5. The van der Waals surface area contributed by atoms with Crippen molar-refractivity contribution in [1.29, 1.82) is 0 Å². The molecule has 5 nitrogen and oxygen atoms in total. The molecule has 0 saturated heterocycles. The molecule has 0 aliphatic carbocycles. The number of nitrogens with zero attached hydrogens (tertiary/aromatic N) is 4. The van der Waals surface area contributed by atoms with Gasteiger partial charge >= 0.3 is 0 Å². The van der Waals surface area contributed by atoms with Crippen molar-refractivity contribution in [3.63, 3.8) is 0 Å². The van der Waals surface area contributed by atoms with E-state index in [1.807, 2.05) is 13.1 Å². The largest absolute Gasteiger partial charge is 0.358 e. The van der Waals surface area contributed by atoms with E-state index in [0.29, 0.717) is 5.95 Å². The summed E-state index contributed by atoms with van der Waals surface area (Å²) in [5, 5.41) is 11.3. The van der Waals surface area contributed by atoms with E-state index in [9.17, 15) is 0 Å². The Balaban J connectivity index is 2.11. The molecule has 0 atom stereocenters. The molecule has 0 amide bonds. The standard InChI is InChI=1S/C16H23N5/c1-5-6-9-21(4)15-11-17-20-16(19-15)18-14-8-7-12(2)13(3)10-14/h7-8,10-11H,5-6,9H2,1-4H3,(H,18,19,20). The van der Waals surface area contributed by atoms with E-state index in [0.717, 1.165) is 30.9 Å². The van der Waals surface area contributed by atoms with Crippen LogP contribution in [0.4, 0.5) is 17.5 Å². The van der Waals surface area contributed by atoms with E-state index in [1.54, 1.807) is 6.20 Å². The van der Waals surface area contributed by atoms with Crippen molar-refractivity contribution in [3.05, 3.63) is 35.5 Å². The number of hydrogen-bond donors (Lipinski definition) is 1. The molecule has 2 aromatic rings. The molecule has 0 aliphatic heterocycles. The van der Waals surface area contributed by atoms with Gasteiger partial charge in [-0.25, -0.2) is 0 Å². The topological polar surface area (TPSA) is 53.9 Å². The van der Waals surface area contributed by atoms with E-state index in [2.05, 4.69) is 58.3 Å². The zero-order valence-corrected chi connectivity index (χ0v) is 13.2. The van der Waals surface area contributed by atoms with E-state index < -0.39 is 0 Å². The zero-order chi connectivity index (χ0) is 15.2. The highest BCUT2D eigenvalue weighted by Crippen LogP contribution is 2.18. The average molecular weight is 285 g/mol. The predicted molar refractivity (Wildman–Crippen MR) is 87.2 cm³/mol. The van der Waals surface area contributed by atoms with Gasteiger partial charge in [-0.1, -0.05) is 19.4 Å². The number of aromatic nitrogens is 3. The van der Waals surface area contributed by atoms with Crippen LogP contribution in [-0.2, 0) is 0 Å². The minimum atomic E-state index is 0.527. The number of anilines is 3. The highest BCUT2D eigenvalue weighted by Gasteiger charge is 2.06. The van der Waals surface area contributed by atoms with Crippen LogP contribution in [0.1, 0.15) is 30.9 Å². The summed E-state index contributed by atoms with van der Waals surface area (Å²) in [5.74, 6) is 1.36. The van der Waals surface area contributed by atoms with Gasteiger partial charge in [0.15, 0.2) is 5.82 Å². The van der Waals surface area contributed by atoms with E-state index in [1.165, 1.54) is 11.1 Å². The number of rotatable bonds is 6. The van der Waals surface area contributed by atoms with Crippen molar-refractivity contribution in [2.24, 2.45) is 0 Å². The summed E-state index contributed by atoms with van der Waals surface area (Å²) in [5.41, 5.74) is 3.49. The third kappa shape index (κ3) is 4.15. The van der Waals surface area contributed by atoms with Crippen LogP contribution < -0.4 is 10.2 Å². The lowest BCUT2D eigenvalue weighted by Crippen LogP contribution is -2.20. The molecule has 2 rings (SSSR count). The van der Waals surface area contributed by atoms with Crippen LogP contribution >= 0.6 is 0 Å². The molecule has 0 spiro atoms. The summed E-state index contributed by atoms with van der Waals surface area (Å²) in [4.78, 5) is 6.62. The van der Waals surface area contributed by atoms with Gasteiger partial charge in [0.1, 0.15) is 0 Å². The van der Waals surface area contributed by atoms with E-state index in [4.69, 9.17) is 0 Å². The molecule has 1 N–H and O–H groups in total. The van der Waals surface area contributed by atoms with Gasteiger partial charge in [0.25, 0.3) is 0 Å².